The summed E-state index contributed by atoms with van der Waals surface area (Å²) >= 11 is 1.56. The molecule has 5 rings (SSSR count). The molecule has 9 heteroatoms. The molecule has 1 aromatic carbocycles. The standard InChI is InChI=1S/C20H21N5O3S/c26-18(21-15-3-4-16-17(13-15)28-12-11-27-16)14-5-9-25(10-6-14)20-23-22-19(29-20)24-7-1-2-8-24/h1-4,7-8,13-14H,5-6,9-12H2,(H,21,26). The van der Waals surface area contributed by atoms with Crippen molar-refractivity contribution in [2.45, 2.75) is 12.8 Å². The zero-order valence-corrected chi connectivity index (χ0v) is 16.6. The fourth-order valence-corrected chi connectivity index (χ4v) is 4.47. The lowest BCUT2D eigenvalue weighted by Gasteiger charge is -2.30. The maximum Gasteiger partial charge on any atom is 0.227 e. The van der Waals surface area contributed by atoms with Gasteiger partial charge < -0.3 is 19.7 Å². The van der Waals surface area contributed by atoms with Crippen molar-refractivity contribution in [1.82, 2.24) is 14.8 Å². The van der Waals surface area contributed by atoms with E-state index in [1.54, 1.807) is 11.3 Å². The van der Waals surface area contributed by atoms with Crippen LogP contribution in [0.3, 0.4) is 0 Å². The first kappa shape index (κ1) is 18.0. The van der Waals surface area contributed by atoms with Gasteiger partial charge in [-0.2, -0.15) is 0 Å². The minimum atomic E-state index is -0.0173. The summed E-state index contributed by atoms with van der Waals surface area (Å²) in [6.45, 7) is 2.67. The fourth-order valence-electron chi connectivity index (χ4n) is 3.60. The third-order valence-corrected chi connectivity index (χ3v) is 6.17. The minimum Gasteiger partial charge on any atom is -0.486 e. The van der Waals surface area contributed by atoms with Gasteiger partial charge in [-0.1, -0.05) is 11.3 Å². The van der Waals surface area contributed by atoms with E-state index in [4.69, 9.17) is 9.47 Å². The van der Waals surface area contributed by atoms with Gasteiger partial charge in [0.1, 0.15) is 13.2 Å². The van der Waals surface area contributed by atoms with Crippen molar-refractivity contribution in [3.63, 3.8) is 0 Å². The van der Waals surface area contributed by atoms with Crippen LogP contribution in [-0.2, 0) is 4.79 Å². The molecule has 0 atom stereocenters. The van der Waals surface area contributed by atoms with Gasteiger partial charge in [-0.25, -0.2) is 0 Å². The van der Waals surface area contributed by atoms with Crippen LogP contribution in [0.15, 0.2) is 42.7 Å². The lowest BCUT2D eigenvalue weighted by Crippen LogP contribution is -2.38. The van der Waals surface area contributed by atoms with Gasteiger partial charge in [-0.15, -0.1) is 10.2 Å². The number of carbonyl (C=O) groups is 1. The monoisotopic (exact) mass is 411 g/mol. The molecule has 2 aromatic heterocycles. The van der Waals surface area contributed by atoms with Gasteiger partial charge in [0.15, 0.2) is 11.5 Å². The minimum absolute atomic E-state index is 0.0173. The van der Waals surface area contributed by atoms with Crippen molar-refractivity contribution in [3.8, 4) is 16.6 Å². The fraction of sp³-hybridized carbons (Fsp3) is 0.350. The molecule has 1 saturated heterocycles. The molecule has 1 amide bonds. The molecule has 0 bridgehead atoms. The third-order valence-electron chi connectivity index (χ3n) is 5.17. The van der Waals surface area contributed by atoms with E-state index < -0.39 is 0 Å². The van der Waals surface area contributed by atoms with Crippen LogP contribution in [0.25, 0.3) is 5.13 Å². The highest BCUT2D eigenvalue weighted by Crippen LogP contribution is 2.33. The molecule has 1 fully saturated rings. The summed E-state index contributed by atoms with van der Waals surface area (Å²) in [4.78, 5) is 14.9. The Morgan fingerprint density at radius 3 is 2.55 bits per heavy atom. The van der Waals surface area contributed by atoms with Crippen molar-refractivity contribution >= 4 is 28.1 Å². The summed E-state index contributed by atoms with van der Waals surface area (Å²) in [5, 5.41) is 13.4. The van der Waals surface area contributed by atoms with Crippen molar-refractivity contribution in [3.05, 3.63) is 42.7 Å². The first-order chi connectivity index (χ1) is 14.3. The number of hydrogen-bond donors (Lipinski definition) is 1. The molecule has 0 radical (unpaired) electrons. The van der Waals surface area contributed by atoms with Crippen molar-refractivity contribution in [1.29, 1.82) is 0 Å². The van der Waals surface area contributed by atoms with E-state index in [0.717, 1.165) is 47.6 Å². The molecule has 4 heterocycles. The Morgan fingerprint density at radius 2 is 1.76 bits per heavy atom. The lowest BCUT2D eigenvalue weighted by atomic mass is 9.96. The van der Waals surface area contributed by atoms with E-state index in [0.29, 0.717) is 19.0 Å². The highest BCUT2D eigenvalue weighted by Gasteiger charge is 2.27. The molecule has 150 valence electrons. The van der Waals surface area contributed by atoms with E-state index in [9.17, 15) is 4.79 Å². The van der Waals surface area contributed by atoms with Crippen LogP contribution >= 0.6 is 11.3 Å². The number of piperidine rings is 1. The largest absolute Gasteiger partial charge is 0.486 e. The summed E-state index contributed by atoms with van der Waals surface area (Å²) in [7, 11) is 0. The highest BCUT2D eigenvalue weighted by atomic mass is 32.1. The molecule has 0 spiro atoms. The van der Waals surface area contributed by atoms with Gasteiger partial charge in [-0.3, -0.25) is 9.36 Å². The van der Waals surface area contributed by atoms with Crippen LogP contribution < -0.4 is 19.7 Å². The first-order valence-electron chi connectivity index (χ1n) is 9.68. The number of anilines is 2. The summed E-state index contributed by atoms with van der Waals surface area (Å²) in [6, 6.07) is 9.44. The summed E-state index contributed by atoms with van der Waals surface area (Å²) in [5.41, 5.74) is 0.738. The molecule has 1 N–H and O–H groups in total. The molecule has 2 aliphatic rings. The number of carbonyl (C=O) groups excluding carboxylic acids is 1. The lowest BCUT2D eigenvalue weighted by molar-refractivity contribution is -0.120. The maximum absolute atomic E-state index is 12.7. The number of benzene rings is 1. The molecule has 0 unspecified atom stereocenters. The second-order valence-electron chi connectivity index (χ2n) is 7.07. The highest BCUT2D eigenvalue weighted by molar-refractivity contribution is 7.17. The van der Waals surface area contributed by atoms with Gasteiger partial charge in [0.25, 0.3) is 0 Å². The van der Waals surface area contributed by atoms with Gasteiger partial charge in [0.05, 0.1) is 0 Å². The predicted octanol–water partition coefficient (Wildman–Crippen LogP) is 2.96. The second kappa shape index (κ2) is 7.75. The summed E-state index contributed by atoms with van der Waals surface area (Å²) < 4.78 is 13.1. The first-order valence-corrected chi connectivity index (χ1v) is 10.5. The number of ether oxygens (including phenoxy) is 2. The second-order valence-corrected chi connectivity index (χ2v) is 8.00. The third kappa shape index (κ3) is 3.77. The number of nitrogens with one attached hydrogen (secondary N) is 1. The molecule has 8 nitrogen and oxygen atoms in total. The van der Waals surface area contributed by atoms with Crippen molar-refractivity contribution in [2.24, 2.45) is 5.92 Å². The molecule has 0 saturated carbocycles. The Bertz CT molecular complexity index is 995. The average molecular weight is 411 g/mol. The number of hydrogen-bond acceptors (Lipinski definition) is 7. The molecular weight excluding hydrogens is 390 g/mol. The number of fused-ring (bicyclic) bond motifs is 1. The summed E-state index contributed by atoms with van der Waals surface area (Å²) in [6.07, 6.45) is 5.49. The van der Waals surface area contributed by atoms with Crippen LogP contribution in [0.5, 0.6) is 11.5 Å². The van der Waals surface area contributed by atoms with Crippen molar-refractivity contribution < 1.29 is 14.3 Å². The SMILES string of the molecule is O=C(Nc1ccc2c(c1)OCCO2)C1CCN(c2nnc(-n3cccc3)s2)CC1. The Hall–Kier alpha value is -3.07. The van der Waals surface area contributed by atoms with Gasteiger partial charge in [-0.05, 0) is 37.1 Å². The average Bonchev–Trinajstić information content (AvgIpc) is 3.46. The van der Waals surface area contributed by atoms with E-state index in [1.165, 1.54) is 0 Å². The summed E-state index contributed by atoms with van der Waals surface area (Å²) in [5.74, 6) is 1.43. The van der Waals surface area contributed by atoms with Crippen molar-refractivity contribution in [2.75, 3.05) is 36.5 Å². The normalized spacial score (nSPS) is 16.6. The zero-order valence-electron chi connectivity index (χ0n) is 15.8. The zero-order chi connectivity index (χ0) is 19.6. The van der Waals surface area contributed by atoms with Gasteiger partial charge in [0, 0.05) is 43.2 Å². The number of amides is 1. The molecular formula is C20H21N5O3S. The predicted molar refractivity (Wildman–Crippen MR) is 110 cm³/mol. The molecule has 2 aliphatic heterocycles. The van der Waals surface area contributed by atoms with Crippen LogP contribution in [-0.4, -0.2) is 47.0 Å². The number of aromatic nitrogens is 3. The van der Waals surface area contributed by atoms with Gasteiger partial charge >= 0.3 is 0 Å². The Balaban J connectivity index is 1.18. The number of rotatable bonds is 4. The molecule has 29 heavy (non-hydrogen) atoms. The molecule has 0 aliphatic carbocycles. The topological polar surface area (TPSA) is 81.5 Å². The smallest absolute Gasteiger partial charge is 0.227 e. The van der Waals surface area contributed by atoms with E-state index >= 15 is 0 Å². The van der Waals surface area contributed by atoms with Crippen LogP contribution in [0.2, 0.25) is 0 Å². The van der Waals surface area contributed by atoms with E-state index in [-0.39, 0.29) is 11.8 Å². The van der Waals surface area contributed by atoms with E-state index in [2.05, 4.69) is 20.4 Å². The number of nitrogens with zero attached hydrogens (tertiary/aromatic N) is 4. The van der Waals surface area contributed by atoms with Crippen LogP contribution in [0.4, 0.5) is 10.8 Å². The Morgan fingerprint density at radius 1 is 1.03 bits per heavy atom. The van der Waals surface area contributed by atoms with E-state index in [1.807, 2.05) is 47.3 Å². The molecule has 3 aromatic rings. The Labute approximate surface area is 172 Å². The van der Waals surface area contributed by atoms with Crippen LogP contribution in [0, 0.1) is 5.92 Å². The quantitative estimate of drug-likeness (QED) is 0.711. The van der Waals surface area contributed by atoms with Gasteiger partial charge in [0.2, 0.25) is 16.2 Å². The Kier molecular flexibility index (Phi) is 4.81. The van der Waals surface area contributed by atoms with Crippen LogP contribution in [0.1, 0.15) is 12.8 Å². The maximum atomic E-state index is 12.7.